The molecule has 31 heavy (non-hydrogen) atoms. The van der Waals surface area contributed by atoms with E-state index in [-0.39, 0.29) is 5.41 Å². The predicted molar refractivity (Wildman–Crippen MR) is 127 cm³/mol. The lowest BCUT2D eigenvalue weighted by molar-refractivity contribution is 0.579. The molecule has 2 N–H and O–H groups in total. The molecule has 0 fully saturated rings. The van der Waals surface area contributed by atoms with Crippen molar-refractivity contribution in [1.82, 2.24) is 9.08 Å². The van der Waals surface area contributed by atoms with Gasteiger partial charge in [-0.15, -0.1) is 0 Å². The van der Waals surface area contributed by atoms with Crippen LogP contribution in [0.1, 0.15) is 25.1 Å². The van der Waals surface area contributed by atoms with E-state index in [0.29, 0.717) is 0 Å². The summed E-state index contributed by atoms with van der Waals surface area (Å²) in [6, 6.07) is 21.7. The first-order valence-electron chi connectivity index (χ1n) is 10.7. The average molecular weight is 401 g/mol. The maximum atomic E-state index is 6.61. The van der Waals surface area contributed by atoms with Gasteiger partial charge in [0.25, 0.3) is 0 Å². The molecule has 0 amide bonds. The number of nitrogens with zero attached hydrogens (tertiary/aromatic N) is 2. The van der Waals surface area contributed by atoms with Crippen LogP contribution in [-0.4, -0.2) is 9.08 Å². The number of furan rings is 1. The molecule has 4 aromatic heterocycles. The molecule has 0 saturated carbocycles. The number of rotatable bonds is 0. The quantitative estimate of drug-likeness (QED) is 0.299. The summed E-state index contributed by atoms with van der Waals surface area (Å²) >= 11 is 0. The van der Waals surface area contributed by atoms with Gasteiger partial charge in [-0.3, -0.25) is 9.08 Å². The van der Waals surface area contributed by atoms with Crippen molar-refractivity contribution in [2.75, 3.05) is 5.84 Å². The second kappa shape index (κ2) is 4.70. The van der Waals surface area contributed by atoms with E-state index in [9.17, 15) is 0 Å². The molecule has 0 unspecified atom stereocenters. The van der Waals surface area contributed by atoms with Crippen molar-refractivity contribution in [3.05, 3.63) is 78.2 Å². The van der Waals surface area contributed by atoms with E-state index in [0.717, 1.165) is 22.1 Å². The molecule has 1 aliphatic carbocycles. The van der Waals surface area contributed by atoms with Crippen molar-refractivity contribution in [2.45, 2.75) is 19.3 Å². The van der Waals surface area contributed by atoms with E-state index >= 15 is 0 Å². The Balaban J connectivity index is 1.83. The molecule has 4 heteroatoms. The fourth-order valence-corrected chi connectivity index (χ4v) is 6.29. The first-order chi connectivity index (χ1) is 15.1. The molecule has 8 rings (SSSR count). The van der Waals surface area contributed by atoms with Crippen LogP contribution in [0.2, 0.25) is 0 Å². The Morgan fingerprint density at radius 2 is 1.65 bits per heavy atom. The van der Waals surface area contributed by atoms with Crippen molar-refractivity contribution in [1.29, 1.82) is 0 Å². The first-order valence-corrected chi connectivity index (χ1v) is 10.7. The maximum absolute atomic E-state index is 6.61. The molecule has 3 aromatic carbocycles. The standard InChI is InChI=1S/C27H19N3O/c1-27(2)18-8-4-3-6-16(18)21-17-10-11-20-23-22-14(7-5-9-19(22)30(20)28)15-12-13-31-26(15)29(24(17)23)25(21)27/h3-13H,28H2,1-2H3. The van der Waals surface area contributed by atoms with E-state index < -0.39 is 0 Å². The lowest BCUT2D eigenvalue weighted by atomic mass is 9.85. The SMILES string of the molecule is CC1(C)c2ccccc2-c2c1n1c3occc3c3cccc4c3c3c(ccc2c31)n4N. The molecular weight excluding hydrogens is 382 g/mol. The third kappa shape index (κ3) is 1.51. The fraction of sp³-hybridized carbons (Fsp3) is 0.111. The molecule has 0 atom stereocenters. The highest BCUT2D eigenvalue weighted by Gasteiger charge is 2.41. The monoisotopic (exact) mass is 401 g/mol. The minimum atomic E-state index is -0.151. The molecule has 0 bridgehead atoms. The largest absolute Gasteiger partial charge is 0.447 e. The lowest BCUT2D eigenvalue weighted by Gasteiger charge is -2.21. The zero-order valence-electron chi connectivity index (χ0n) is 17.2. The molecule has 0 aliphatic heterocycles. The molecule has 4 nitrogen and oxygen atoms in total. The van der Waals surface area contributed by atoms with Crippen LogP contribution in [0.3, 0.4) is 0 Å². The van der Waals surface area contributed by atoms with Crippen LogP contribution in [0, 0.1) is 0 Å². The van der Waals surface area contributed by atoms with Gasteiger partial charge in [0.05, 0.1) is 22.8 Å². The Morgan fingerprint density at radius 1 is 0.806 bits per heavy atom. The van der Waals surface area contributed by atoms with Gasteiger partial charge in [-0.1, -0.05) is 50.2 Å². The van der Waals surface area contributed by atoms with E-state index in [1.807, 2.05) is 4.68 Å². The number of aromatic nitrogens is 2. The van der Waals surface area contributed by atoms with Crippen LogP contribution < -0.4 is 5.84 Å². The summed E-state index contributed by atoms with van der Waals surface area (Å²) in [7, 11) is 0. The normalized spacial score (nSPS) is 15.2. The van der Waals surface area contributed by atoms with Crippen LogP contribution in [0.5, 0.6) is 0 Å². The minimum absolute atomic E-state index is 0.151. The van der Waals surface area contributed by atoms with E-state index in [2.05, 4.69) is 78.9 Å². The predicted octanol–water partition coefficient (Wildman–Crippen LogP) is 6.40. The summed E-state index contributed by atoms with van der Waals surface area (Å²) in [5, 5.41) is 5.95. The summed E-state index contributed by atoms with van der Waals surface area (Å²) in [5.41, 5.74) is 9.31. The zero-order valence-corrected chi connectivity index (χ0v) is 17.2. The molecule has 7 aromatic rings. The van der Waals surface area contributed by atoms with Crippen molar-refractivity contribution >= 4 is 49.2 Å². The van der Waals surface area contributed by atoms with Gasteiger partial charge in [-0.25, -0.2) is 0 Å². The van der Waals surface area contributed by atoms with Crippen LogP contribution in [-0.2, 0) is 5.41 Å². The van der Waals surface area contributed by atoms with Gasteiger partial charge in [-0.05, 0) is 40.8 Å². The molecule has 4 heterocycles. The number of hydrogen-bond acceptors (Lipinski definition) is 2. The second-order valence-electron chi connectivity index (χ2n) is 9.29. The molecule has 148 valence electrons. The second-order valence-corrected chi connectivity index (χ2v) is 9.29. The average Bonchev–Trinajstić information content (AvgIpc) is 3.49. The van der Waals surface area contributed by atoms with Crippen LogP contribution in [0.4, 0.5) is 0 Å². The summed E-state index contributed by atoms with van der Waals surface area (Å²) in [6.45, 7) is 4.64. The maximum Gasteiger partial charge on any atom is 0.211 e. The van der Waals surface area contributed by atoms with Crippen molar-refractivity contribution in [2.24, 2.45) is 0 Å². The number of benzene rings is 3. The summed E-state index contributed by atoms with van der Waals surface area (Å²) < 4.78 is 10.4. The van der Waals surface area contributed by atoms with Crippen molar-refractivity contribution in [3.63, 3.8) is 0 Å². The number of hydrogen-bond donors (Lipinski definition) is 1. The van der Waals surface area contributed by atoms with Crippen LogP contribution >= 0.6 is 0 Å². The Kier molecular flexibility index (Phi) is 2.40. The van der Waals surface area contributed by atoms with Crippen LogP contribution in [0.15, 0.2) is 71.3 Å². The third-order valence-electron chi connectivity index (χ3n) is 7.52. The van der Waals surface area contributed by atoms with E-state index in [4.69, 9.17) is 10.3 Å². The fourth-order valence-electron chi connectivity index (χ4n) is 6.29. The molecule has 0 radical (unpaired) electrons. The Labute approximate surface area is 177 Å². The Bertz CT molecular complexity index is 1880. The zero-order chi connectivity index (χ0) is 20.6. The van der Waals surface area contributed by atoms with E-state index in [1.54, 1.807) is 6.26 Å². The summed E-state index contributed by atoms with van der Waals surface area (Å²) in [6.07, 6.45) is 1.81. The highest BCUT2D eigenvalue weighted by molar-refractivity contribution is 6.31. The van der Waals surface area contributed by atoms with Crippen molar-refractivity contribution < 1.29 is 4.42 Å². The topological polar surface area (TPSA) is 48.5 Å². The minimum Gasteiger partial charge on any atom is -0.447 e. The van der Waals surface area contributed by atoms with Gasteiger partial charge in [0, 0.05) is 38.2 Å². The van der Waals surface area contributed by atoms with Gasteiger partial charge in [0.2, 0.25) is 5.71 Å². The van der Waals surface area contributed by atoms with Crippen molar-refractivity contribution in [3.8, 4) is 11.1 Å². The highest BCUT2D eigenvalue weighted by atomic mass is 16.3. The van der Waals surface area contributed by atoms with Gasteiger partial charge in [0.1, 0.15) is 0 Å². The van der Waals surface area contributed by atoms with Gasteiger partial charge < -0.3 is 10.3 Å². The molecular formula is C27H19N3O. The lowest BCUT2D eigenvalue weighted by Crippen LogP contribution is -2.17. The van der Waals surface area contributed by atoms with Gasteiger partial charge in [-0.2, -0.15) is 0 Å². The first kappa shape index (κ1) is 15.9. The number of fused-ring (bicyclic) bond motifs is 8. The molecule has 0 spiro atoms. The molecule has 0 saturated heterocycles. The van der Waals surface area contributed by atoms with E-state index in [1.165, 1.54) is 49.4 Å². The highest BCUT2D eigenvalue weighted by Crippen LogP contribution is 2.55. The Morgan fingerprint density at radius 3 is 2.55 bits per heavy atom. The molecule has 1 aliphatic rings. The summed E-state index contributed by atoms with van der Waals surface area (Å²) in [4.78, 5) is 0. The van der Waals surface area contributed by atoms with Gasteiger partial charge in [0.15, 0.2) is 0 Å². The van der Waals surface area contributed by atoms with Crippen LogP contribution in [0.25, 0.3) is 60.3 Å². The smallest absolute Gasteiger partial charge is 0.211 e. The summed E-state index contributed by atoms with van der Waals surface area (Å²) in [5.74, 6) is 6.61. The third-order valence-corrected chi connectivity index (χ3v) is 7.52. The number of nitrogens with two attached hydrogens (primary N) is 1. The number of nitrogen functional groups attached to an aromatic ring is 1. The Hall–Kier alpha value is -3.92. The van der Waals surface area contributed by atoms with Gasteiger partial charge >= 0.3 is 0 Å².